The number of furan rings is 1. The topological polar surface area (TPSA) is 83.1 Å². The van der Waals surface area contributed by atoms with E-state index in [-0.39, 0.29) is 29.9 Å². The van der Waals surface area contributed by atoms with Gasteiger partial charge in [0.15, 0.2) is 5.78 Å². The lowest BCUT2D eigenvalue weighted by molar-refractivity contribution is 0.103. The molecule has 2 N–H and O–H groups in total. The van der Waals surface area contributed by atoms with E-state index in [1.54, 1.807) is 24.3 Å². The molecule has 0 spiro atoms. The van der Waals surface area contributed by atoms with Gasteiger partial charge in [-0.25, -0.2) is 0 Å². The van der Waals surface area contributed by atoms with Gasteiger partial charge < -0.3 is 19.4 Å². The van der Waals surface area contributed by atoms with E-state index < -0.39 is 0 Å². The third-order valence-corrected chi connectivity index (χ3v) is 5.83. The molecule has 0 bridgehead atoms. The van der Waals surface area contributed by atoms with Crippen LogP contribution in [0.2, 0.25) is 0 Å². The van der Waals surface area contributed by atoms with Crippen molar-refractivity contribution in [3.63, 3.8) is 0 Å². The Labute approximate surface area is 192 Å². The van der Waals surface area contributed by atoms with Crippen LogP contribution in [0.1, 0.15) is 41.4 Å². The first-order valence-electron chi connectivity index (χ1n) is 11.0. The lowest BCUT2D eigenvalue weighted by Crippen LogP contribution is -2.32. The summed E-state index contributed by atoms with van der Waals surface area (Å²) in [5.74, 6) is 0.405. The first-order chi connectivity index (χ1) is 16.0. The maximum atomic E-state index is 13.1. The normalized spacial score (nSPS) is 12.2. The highest BCUT2D eigenvalue weighted by Gasteiger charge is 2.23. The predicted molar refractivity (Wildman–Crippen MR) is 127 cm³/mol. The molecule has 0 fully saturated rings. The maximum absolute atomic E-state index is 13.1. The van der Waals surface area contributed by atoms with Gasteiger partial charge in [0.25, 0.3) is 0 Å². The van der Waals surface area contributed by atoms with Gasteiger partial charge in [-0.05, 0) is 30.8 Å². The number of phenolic OH excluding ortho intramolecular Hbond substituents is 2. The zero-order valence-electron chi connectivity index (χ0n) is 18.7. The highest BCUT2D eigenvalue weighted by Crippen LogP contribution is 2.36. The Morgan fingerprint density at radius 1 is 0.970 bits per heavy atom. The molecule has 0 aliphatic heterocycles. The molecule has 33 heavy (non-hydrogen) atoms. The Balaban J connectivity index is 1.70. The van der Waals surface area contributed by atoms with Gasteiger partial charge in [-0.3, -0.25) is 9.69 Å². The molecule has 4 aromatic rings. The molecule has 1 aromatic heterocycles. The van der Waals surface area contributed by atoms with Crippen LogP contribution in [0.25, 0.3) is 11.0 Å². The second-order valence-electron chi connectivity index (χ2n) is 7.80. The number of hydrogen-bond acceptors (Lipinski definition) is 6. The summed E-state index contributed by atoms with van der Waals surface area (Å²) in [4.78, 5) is 15.4. The fourth-order valence-electron chi connectivity index (χ4n) is 4.08. The Morgan fingerprint density at radius 3 is 2.33 bits per heavy atom. The van der Waals surface area contributed by atoms with Crippen molar-refractivity contribution in [3.05, 3.63) is 89.7 Å². The van der Waals surface area contributed by atoms with Gasteiger partial charge in [0.05, 0.1) is 17.0 Å². The first-order valence-corrected chi connectivity index (χ1v) is 11.0. The number of fused-ring (bicyclic) bond motifs is 1. The Bertz CT molecular complexity index is 1230. The molecule has 0 aliphatic carbocycles. The Hall–Kier alpha value is -3.77. The number of aromatic hydroxyl groups is 2. The van der Waals surface area contributed by atoms with Gasteiger partial charge in [-0.15, -0.1) is 0 Å². The molecule has 4 rings (SSSR count). The second-order valence-corrected chi connectivity index (χ2v) is 7.80. The summed E-state index contributed by atoms with van der Waals surface area (Å²) in [6.45, 7) is 6.07. The average Bonchev–Trinajstić information content (AvgIpc) is 3.26. The lowest BCUT2D eigenvalue weighted by atomic mass is 10.0. The van der Waals surface area contributed by atoms with Crippen LogP contribution in [0, 0.1) is 0 Å². The summed E-state index contributed by atoms with van der Waals surface area (Å²) in [6.07, 6.45) is 1.41. The van der Waals surface area contributed by atoms with Gasteiger partial charge in [-0.2, -0.15) is 0 Å². The van der Waals surface area contributed by atoms with Crippen LogP contribution in [0.4, 0.5) is 0 Å². The van der Waals surface area contributed by atoms with E-state index >= 15 is 0 Å². The van der Waals surface area contributed by atoms with E-state index in [0.717, 1.165) is 18.7 Å². The third-order valence-electron chi connectivity index (χ3n) is 5.83. The molecule has 1 heterocycles. The van der Waals surface area contributed by atoms with Crippen molar-refractivity contribution in [1.29, 1.82) is 0 Å². The van der Waals surface area contributed by atoms with Gasteiger partial charge in [0, 0.05) is 17.7 Å². The molecule has 0 saturated heterocycles. The van der Waals surface area contributed by atoms with Crippen molar-refractivity contribution >= 4 is 16.8 Å². The number of ketones is 1. The zero-order valence-corrected chi connectivity index (χ0v) is 18.7. The highest BCUT2D eigenvalue weighted by atomic mass is 16.5. The zero-order chi connectivity index (χ0) is 23.4. The molecular weight excluding hydrogens is 418 g/mol. The van der Waals surface area contributed by atoms with Gasteiger partial charge >= 0.3 is 0 Å². The standard InChI is InChI=1S/C27H27NO5/c1-3-28(4-2)23(18-10-12-20(29)13-11-18)17-33-25-15-21(30)14-24-26(25)22(16-32-24)27(31)19-8-6-5-7-9-19/h5-16,23,29-30H,3-4,17H2,1-2H3. The second kappa shape index (κ2) is 9.79. The van der Waals surface area contributed by atoms with Gasteiger partial charge in [0.2, 0.25) is 0 Å². The molecule has 0 radical (unpaired) electrons. The van der Waals surface area contributed by atoms with Crippen LogP contribution < -0.4 is 4.74 Å². The highest BCUT2D eigenvalue weighted by molar-refractivity contribution is 6.17. The summed E-state index contributed by atoms with van der Waals surface area (Å²) in [7, 11) is 0. The number of phenols is 2. The third kappa shape index (κ3) is 4.71. The minimum atomic E-state index is -0.177. The quantitative estimate of drug-likeness (QED) is 0.329. The van der Waals surface area contributed by atoms with Crippen molar-refractivity contribution in [1.82, 2.24) is 4.90 Å². The number of rotatable bonds is 9. The summed E-state index contributed by atoms with van der Waals surface area (Å²) >= 11 is 0. The van der Waals surface area contributed by atoms with Crippen LogP contribution in [-0.4, -0.2) is 40.6 Å². The van der Waals surface area contributed by atoms with E-state index in [1.165, 1.54) is 18.4 Å². The van der Waals surface area contributed by atoms with E-state index in [0.29, 0.717) is 27.8 Å². The fraction of sp³-hybridized carbons (Fsp3) is 0.222. The van der Waals surface area contributed by atoms with E-state index in [9.17, 15) is 15.0 Å². The number of nitrogens with zero attached hydrogens (tertiary/aromatic N) is 1. The molecule has 1 atom stereocenters. The lowest BCUT2D eigenvalue weighted by Gasteiger charge is -2.30. The summed E-state index contributed by atoms with van der Waals surface area (Å²) < 4.78 is 11.8. The number of benzene rings is 3. The number of carbonyl (C=O) groups excluding carboxylic acids is 1. The summed E-state index contributed by atoms with van der Waals surface area (Å²) in [5.41, 5.74) is 2.31. The smallest absolute Gasteiger partial charge is 0.197 e. The van der Waals surface area contributed by atoms with E-state index in [1.807, 2.05) is 30.3 Å². The number of likely N-dealkylation sites (N-methyl/N-ethyl adjacent to an activating group) is 1. The average molecular weight is 446 g/mol. The molecule has 0 saturated carbocycles. The minimum absolute atomic E-state index is 0.00502. The molecule has 170 valence electrons. The monoisotopic (exact) mass is 445 g/mol. The summed E-state index contributed by atoms with van der Waals surface area (Å²) in [6, 6.07) is 19.0. The Kier molecular flexibility index (Phi) is 6.66. The Morgan fingerprint density at radius 2 is 1.67 bits per heavy atom. The predicted octanol–water partition coefficient (Wildman–Crippen LogP) is 5.54. The van der Waals surface area contributed by atoms with Crippen molar-refractivity contribution < 1.29 is 24.2 Å². The van der Waals surface area contributed by atoms with Crippen LogP contribution in [-0.2, 0) is 0 Å². The maximum Gasteiger partial charge on any atom is 0.197 e. The van der Waals surface area contributed by atoms with Crippen LogP contribution in [0.3, 0.4) is 0 Å². The SMILES string of the molecule is CCN(CC)C(COc1cc(O)cc2occ(C(=O)c3ccccc3)c12)c1ccc(O)cc1. The van der Waals surface area contributed by atoms with Crippen LogP contribution in [0.5, 0.6) is 17.2 Å². The number of ether oxygens (including phenoxy) is 1. The minimum Gasteiger partial charge on any atom is -0.508 e. The van der Waals surface area contributed by atoms with Gasteiger partial charge in [-0.1, -0.05) is 56.3 Å². The molecule has 0 aliphatic rings. The molecule has 3 aromatic carbocycles. The van der Waals surface area contributed by atoms with Crippen molar-refractivity contribution in [2.24, 2.45) is 0 Å². The number of carbonyl (C=O) groups is 1. The first kappa shape index (κ1) is 22.4. The fourth-order valence-corrected chi connectivity index (χ4v) is 4.08. The molecular formula is C27H27NO5. The number of hydrogen-bond donors (Lipinski definition) is 2. The largest absolute Gasteiger partial charge is 0.508 e. The van der Waals surface area contributed by atoms with E-state index in [2.05, 4.69) is 18.7 Å². The molecule has 0 amide bonds. The molecule has 6 nitrogen and oxygen atoms in total. The van der Waals surface area contributed by atoms with Crippen LogP contribution in [0.15, 0.2) is 77.4 Å². The van der Waals surface area contributed by atoms with E-state index in [4.69, 9.17) is 9.15 Å². The van der Waals surface area contributed by atoms with Crippen molar-refractivity contribution in [3.8, 4) is 17.2 Å². The molecule has 6 heteroatoms. The molecule has 1 unspecified atom stereocenters. The van der Waals surface area contributed by atoms with Crippen molar-refractivity contribution in [2.75, 3.05) is 19.7 Å². The van der Waals surface area contributed by atoms with Crippen molar-refractivity contribution in [2.45, 2.75) is 19.9 Å². The summed E-state index contributed by atoms with van der Waals surface area (Å²) in [5, 5.41) is 20.4. The van der Waals surface area contributed by atoms with Crippen LogP contribution >= 0.6 is 0 Å². The van der Waals surface area contributed by atoms with Gasteiger partial charge in [0.1, 0.15) is 35.7 Å².